The second-order valence-electron chi connectivity index (χ2n) is 11.9. The third kappa shape index (κ3) is 14.7. The van der Waals surface area contributed by atoms with E-state index in [0.29, 0.717) is 5.41 Å². The first-order chi connectivity index (χ1) is 18.2. The van der Waals surface area contributed by atoms with E-state index < -0.39 is 0 Å². The van der Waals surface area contributed by atoms with Crippen LogP contribution in [0.25, 0.3) is 0 Å². The van der Waals surface area contributed by atoms with Crippen molar-refractivity contribution in [3.8, 4) is 0 Å². The Hall–Kier alpha value is -0.520. The molecule has 0 aromatic rings. The van der Waals surface area contributed by atoms with Gasteiger partial charge in [-0.05, 0) is 118 Å². The minimum absolute atomic E-state index is 0.464. The summed E-state index contributed by atoms with van der Waals surface area (Å²) < 4.78 is 0. The van der Waals surface area contributed by atoms with Gasteiger partial charge in [-0.1, -0.05) is 127 Å². The molecule has 2 aliphatic carbocycles. The van der Waals surface area contributed by atoms with Crippen LogP contribution in [0.3, 0.4) is 0 Å². The lowest BCUT2D eigenvalue weighted by atomic mass is 9.65. The Morgan fingerprint density at radius 1 is 0.632 bits per heavy atom. The second kappa shape index (κ2) is 25.4. The third-order valence-electron chi connectivity index (χ3n) is 9.85. The third-order valence-corrected chi connectivity index (χ3v) is 9.85. The first kappa shape index (κ1) is 42.0. The van der Waals surface area contributed by atoms with E-state index in [2.05, 4.69) is 67.5 Å². The highest BCUT2D eigenvalue weighted by molar-refractivity contribution is 5.20. The molecule has 6 unspecified atom stereocenters. The summed E-state index contributed by atoms with van der Waals surface area (Å²) in [6.07, 6.45) is 19.8. The highest BCUT2D eigenvalue weighted by Gasteiger charge is 2.34. The van der Waals surface area contributed by atoms with Gasteiger partial charge in [-0.15, -0.1) is 0 Å². The van der Waals surface area contributed by atoms with Gasteiger partial charge in [-0.3, -0.25) is 0 Å². The van der Waals surface area contributed by atoms with Crippen molar-refractivity contribution in [3.63, 3.8) is 0 Å². The molecule has 0 saturated heterocycles. The molecule has 6 atom stereocenters. The Balaban J connectivity index is -0.00000140. The van der Waals surface area contributed by atoms with Gasteiger partial charge in [0.05, 0.1) is 0 Å². The van der Waals surface area contributed by atoms with Crippen LogP contribution < -0.4 is 0 Å². The molecule has 0 spiro atoms. The molecule has 0 radical (unpaired) electrons. The van der Waals surface area contributed by atoms with Crippen LogP contribution in [0.4, 0.5) is 0 Å². The Morgan fingerprint density at radius 2 is 1.08 bits per heavy atom. The Labute approximate surface area is 245 Å². The molecule has 38 heavy (non-hydrogen) atoms. The minimum atomic E-state index is 0.464. The molecule has 0 bridgehead atoms. The summed E-state index contributed by atoms with van der Waals surface area (Å²) in [7, 11) is 0. The summed E-state index contributed by atoms with van der Waals surface area (Å²) in [5, 5.41) is 0. The normalized spacial score (nSPS) is 31.5. The van der Waals surface area contributed by atoms with Crippen LogP contribution in [0.5, 0.6) is 0 Å². The van der Waals surface area contributed by atoms with E-state index in [1.54, 1.807) is 0 Å². The average Bonchev–Trinajstić information content (AvgIpc) is 3.00. The predicted molar refractivity (Wildman–Crippen MR) is 181 cm³/mol. The van der Waals surface area contributed by atoms with Crippen molar-refractivity contribution >= 4 is 0 Å². The standard InChI is InChI=1S/C30H54.4C2H6/c1-9-10-11-12-13-27-19-15-24(4)29-21-18-26(6)30(7,8)25(5)17-14-23(3)28(29)20-16-22(27)2;4*1-2/h9-10,22-27H,11-21H2,1-8H3;4*1-2H3/b10-9+,29-28+;;;;. The lowest BCUT2D eigenvalue weighted by molar-refractivity contribution is 0.117. The van der Waals surface area contributed by atoms with Gasteiger partial charge in [0.1, 0.15) is 0 Å². The number of rotatable bonds is 4. The van der Waals surface area contributed by atoms with Gasteiger partial charge in [0.15, 0.2) is 0 Å². The van der Waals surface area contributed by atoms with Crippen molar-refractivity contribution in [3.05, 3.63) is 23.3 Å². The maximum Gasteiger partial charge on any atom is -0.0229 e. The maximum atomic E-state index is 2.57. The van der Waals surface area contributed by atoms with Crippen molar-refractivity contribution < 1.29 is 0 Å². The molecule has 0 aliphatic heterocycles. The topological polar surface area (TPSA) is 0 Å². The van der Waals surface area contributed by atoms with Crippen LogP contribution in [0.1, 0.15) is 181 Å². The van der Waals surface area contributed by atoms with E-state index in [9.17, 15) is 0 Å². The second-order valence-corrected chi connectivity index (χ2v) is 11.9. The van der Waals surface area contributed by atoms with Gasteiger partial charge in [0.25, 0.3) is 0 Å². The van der Waals surface area contributed by atoms with E-state index >= 15 is 0 Å². The molecular formula is C38H78. The van der Waals surface area contributed by atoms with Gasteiger partial charge in [0.2, 0.25) is 0 Å². The largest absolute Gasteiger partial charge is 0.0917 e. The Morgan fingerprint density at radius 3 is 1.58 bits per heavy atom. The molecule has 0 fully saturated rings. The summed E-state index contributed by atoms with van der Waals surface area (Å²) >= 11 is 0. The fraction of sp³-hybridized carbons (Fsp3) is 0.895. The molecule has 0 N–H and O–H groups in total. The van der Waals surface area contributed by atoms with Crippen molar-refractivity contribution in [2.75, 3.05) is 0 Å². The number of hydrogen-bond donors (Lipinski definition) is 0. The maximum absolute atomic E-state index is 2.57. The fourth-order valence-electron chi connectivity index (χ4n) is 6.36. The van der Waals surface area contributed by atoms with Crippen LogP contribution >= 0.6 is 0 Å². The molecule has 230 valence electrons. The Kier molecular flexibility index (Phi) is 28.1. The summed E-state index contributed by atoms with van der Waals surface area (Å²) in [5.74, 6) is 5.03. The summed E-state index contributed by atoms with van der Waals surface area (Å²) in [5.41, 5.74) is 4.25. The van der Waals surface area contributed by atoms with Gasteiger partial charge in [0, 0.05) is 0 Å². The van der Waals surface area contributed by atoms with Gasteiger partial charge < -0.3 is 0 Å². The number of unbranched alkanes of at least 4 members (excludes halogenated alkanes) is 1. The lowest BCUT2D eigenvalue weighted by Gasteiger charge is -2.40. The minimum Gasteiger partial charge on any atom is -0.0917 e. The predicted octanol–water partition coefficient (Wildman–Crippen LogP) is 14.1. The van der Waals surface area contributed by atoms with Crippen molar-refractivity contribution in [2.24, 2.45) is 40.9 Å². The average molecular weight is 535 g/mol. The van der Waals surface area contributed by atoms with Gasteiger partial charge in [-0.2, -0.15) is 0 Å². The molecule has 2 aliphatic rings. The smallest absolute Gasteiger partial charge is 0.0229 e. The zero-order valence-electron chi connectivity index (χ0n) is 29.9. The van der Waals surface area contributed by atoms with E-state index in [1.165, 1.54) is 70.6 Å². The van der Waals surface area contributed by atoms with Crippen LogP contribution in [0.15, 0.2) is 23.3 Å². The van der Waals surface area contributed by atoms with Gasteiger partial charge >= 0.3 is 0 Å². The zero-order chi connectivity index (χ0) is 30.3. The van der Waals surface area contributed by atoms with Crippen molar-refractivity contribution in [1.29, 1.82) is 0 Å². The van der Waals surface area contributed by atoms with Crippen molar-refractivity contribution in [1.82, 2.24) is 0 Å². The molecule has 2 rings (SSSR count). The zero-order valence-corrected chi connectivity index (χ0v) is 29.9. The van der Waals surface area contributed by atoms with Crippen LogP contribution in [0, 0.1) is 40.9 Å². The molecule has 0 heterocycles. The lowest BCUT2D eigenvalue weighted by Crippen LogP contribution is -2.31. The first-order valence-corrected chi connectivity index (χ1v) is 17.5. The quantitative estimate of drug-likeness (QED) is 0.248. The number of allylic oxidation sites excluding steroid dienone is 4. The monoisotopic (exact) mass is 535 g/mol. The van der Waals surface area contributed by atoms with Gasteiger partial charge in [-0.25, -0.2) is 0 Å². The molecule has 0 saturated carbocycles. The van der Waals surface area contributed by atoms with Crippen molar-refractivity contribution in [2.45, 2.75) is 181 Å². The van der Waals surface area contributed by atoms with Crippen LogP contribution in [-0.2, 0) is 0 Å². The van der Waals surface area contributed by atoms with E-state index in [1.807, 2.05) is 66.5 Å². The summed E-state index contributed by atoms with van der Waals surface area (Å²) in [6.45, 7) is 36.0. The molecule has 0 aromatic heterocycles. The van der Waals surface area contributed by atoms with E-state index in [4.69, 9.17) is 0 Å². The molecular weight excluding hydrogens is 456 g/mol. The van der Waals surface area contributed by atoms with E-state index in [0.717, 1.165) is 35.5 Å². The van der Waals surface area contributed by atoms with Crippen LogP contribution in [0.2, 0.25) is 0 Å². The molecule has 0 amide bonds. The molecule has 0 aromatic carbocycles. The molecule has 0 nitrogen and oxygen atoms in total. The SMILES string of the molecule is C/C=C/CCCC1CCC(C)/C2=C(\CCC1C)C(C)CCC(C)C(C)(C)C(C)CC2.CC.CC.CC.CC. The first-order valence-electron chi connectivity index (χ1n) is 17.5. The summed E-state index contributed by atoms with van der Waals surface area (Å²) in [4.78, 5) is 0. The Bertz CT molecular complexity index is 563. The summed E-state index contributed by atoms with van der Waals surface area (Å²) in [6, 6.07) is 0. The molecule has 0 heteroatoms. The van der Waals surface area contributed by atoms with Crippen LogP contribution in [-0.4, -0.2) is 0 Å². The fourth-order valence-corrected chi connectivity index (χ4v) is 6.36. The highest BCUT2D eigenvalue weighted by atomic mass is 14.4. The highest BCUT2D eigenvalue weighted by Crippen LogP contribution is 2.45. The van der Waals surface area contributed by atoms with E-state index in [-0.39, 0.29) is 0 Å². The number of hydrogen-bond acceptors (Lipinski definition) is 0.